The summed E-state index contributed by atoms with van der Waals surface area (Å²) in [5.41, 5.74) is -0.700. The molecule has 0 aromatic heterocycles. The standard InChI is InChI=1S/C12H18N2O6/c1-7(13-11(18)19-12(2,3)4)10(17)20-14-8(15)5-6-9(14)16/h7H,5-6H2,1-4H3,(H,13,18). The average Bonchev–Trinajstić information content (AvgIpc) is 2.57. The van der Waals surface area contributed by atoms with Crippen LogP contribution in [-0.2, 0) is 24.0 Å². The number of ether oxygens (including phenoxy) is 1. The molecule has 1 rings (SSSR count). The highest BCUT2D eigenvalue weighted by Gasteiger charge is 2.34. The number of imide groups is 1. The van der Waals surface area contributed by atoms with Crippen LogP contribution in [0.25, 0.3) is 0 Å². The topological polar surface area (TPSA) is 102 Å². The van der Waals surface area contributed by atoms with Crippen molar-refractivity contribution in [2.75, 3.05) is 0 Å². The third-order valence-electron chi connectivity index (χ3n) is 2.27. The molecule has 8 nitrogen and oxygen atoms in total. The Kier molecular flexibility index (Phi) is 4.69. The quantitative estimate of drug-likeness (QED) is 0.758. The molecule has 0 bridgehead atoms. The summed E-state index contributed by atoms with van der Waals surface area (Å²) < 4.78 is 4.97. The van der Waals surface area contributed by atoms with Crippen molar-refractivity contribution in [3.63, 3.8) is 0 Å². The molecule has 3 amide bonds. The van der Waals surface area contributed by atoms with Crippen LogP contribution >= 0.6 is 0 Å². The van der Waals surface area contributed by atoms with E-state index < -0.39 is 35.5 Å². The summed E-state index contributed by atoms with van der Waals surface area (Å²) in [6.45, 7) is 6.39. The smallest absolute Gasteiger partial charge is 0.408 e. The Balaban J connectivity index is 2.49. The second-order valence-corrected chi connectivity index (χ2v) is 5.36. The van der Waals surface area contributed by atoms with Crippen molar-refractivity contribution in [2.24, 2.45) is 0 Å². The lowest BCUT2D eigenvalue weighted by molar-refractivity contribution is -0.198. The minimum atomic E-state index is -1.05. The van der Waals surface area contributed by atoms with Gasteiger partial charge in [-0.3, -0.25) is 9.59 Å². The van der Waals surface area contributed by atoms with Gasteiger partial charge in [0.15, 0.2) is 0 Å². The molecule has 1 heterocycles. The monoisotopic (exact) mass is 286 g/mol. The molecule has 0 saturated carbocycles. The highest BCUT2D eigenvalue weighted by molar-refractivity contribution is 6.01. The van der Waals surface area contributed by atoms with Gasteiger partial charge in [-0.2, -0.15) is 0 Å². The van der Waals surface area contributed by atoms with Gasteiger partial charge < -0.3 is 14.9 Å². The van der Waals surface area contributed by atoms with Crippen LogP contribution in [0.2, 0.25) is 0 Å². The van der Waals surface area contributed by atoms with Crippen molar-refractivity contribution in [3.8, 4) is 0 Å². The van der Waals surface area contributed by atoms with Crippen LogP contribution in [0.4, 0.5) is 4.79 Å². The van der Waals surface area contributed by atoms with Crippen molar-refractivity contribution < 1.29 is 28.8 Å². The number of carbonyl (C=O) groups is 4. The average molecular weight is 286 g/mol. The van der Waals surface area contributed by atoms with Crippen molar-refractivity contribution in [3.05, 3.63) is 0 Å². The Hall–Kier alpha value is -2.12. The summed E-state index contributed by atoms with van der Waals surface area (Å²) in [4.78, 5) is 50.3. The van der Waals surface area contributed by atoms with Gasteiger partial charge in [-0.1, -0.05) is 0 Å². The molecule has 1 atom stereocenters. The Morgan fingerprint density at radius 3 is 2.15 bits per heavy atom. The first-order valence-corrected chi connectivity index (χ1v) is 6.17. The number of nitrogens with one attached hydrogen (secondary N) is 1. The maximum absolute atomic E-state index is 11.7. The minimum Gasteiger partial charge on any atom is -0.444 e. The number of hydroxylamine groups is 2. The van der Waals surface area contributed by atoms with Gasteiger partial charge in [0.2, 0.25) is 0 Å². The van der Waals surface area contributed by atoms with E-state index in [1.54, 1.807) is 20.8 Å². The summed E-state index contributed by atoms with van der Waals surface area (Å²) in [5.74, 6) is -2.07. The van der Waals surface area contributed by atoms with Gasteiger partial charge in [0, 0.05) is 12.8 Å². The van der Waals surface area contributed by atoms with E-state index in [4.69, 9.17) is 4.74 Å². The molecule has 1 saturated heterocycles. The van der Waals surface area contributed by atoms with Crippen molar-refractivity contribution in [2.45, 2.75) is 52.2 Å². The molecule has 8 heteroatoms. The van der Waals surface area contributed by atoms with E-state index in [1.807, 2.05) is 0 Å². The van der Waals surface area contributed by atoms with Crippen LogP contribution < -0.4 is 5.32 Å². The molecule has 0 radical (unpaired) electrons. The van der Waals surface area contributed by atoms with Gasteiger partial charge in [0.25, 0.3) is 11.8 Å². The number of hydrogen-bond acceptors (Lipinski definition) is 6. The van der Waals surface area contributed by atoms with Crippen molar-refractivity contribution >= 4 is 23.9 Å². The zero-order valence-electron chi connectivity index (χ0n) is 11.9. The first-order valence-electron chi connectivity index (χ1n) is 6.17. The second-order valence-electron chi connectivity index (χ2n) is 5.36. The Morgan fingerprint density at radius 1 is 1.20 bits per heavy atom. The summed E-state index contributed by atoms with van der Waals surface area (Å²) >= 11 is 0. The van der Waals surface area contributed by atoms with E-state index in [-0.39, 0.29) is 12.8 Å². The normalized spacial score (nSPS) is 16.9. The summed E-state index contributed by atoms with van der Waals surface area (Å²) in [6, 6.07) is -1.05. The van der Waals surface area contributed by atoms with Crippen molar-refractivity contribution in [1.82, 2.24) is 10.4 Å². The first kappa shape index (κ1) is 15.9. The molecule has 1 N–H and O–H groups in total. The van der Waals surface area contributed by atoms with Gasteiger partial charge in [-0.05, 0) is 27.7 Å². The summed E-state index contributed by atoms with van der Waals surface area (Å²) in [6.07, 6.45) is -0.763. The summed E-state index contributed by atoms with van der Waals surface area (Å²) in [5, 5.41) is 2.68. The predicted molar refractivity (Wildman–Crippen MR) is 66.0 cm³/mol. The minimum absolute atomic E-state index is 0.0139. The highest BCUT2D eigenvalue weighted by Crippen LogP contribution is 2.13. The van der Waals surface area contributed by atoms with Gasteiger partial charge in [0.05, 0.1) is 0 Å². The Bertz CT molecular complexity index is 424. The molecule has 1 aliphatic rings. The third-order valence-corrected chi connectivity index (χ3v) is 2.27. The maximum atomic E-state index is 11.7. The third kappa shape index (κ3) is 4.52. The van der Waals surface area contributed by atoms with Gasteiger partial charge in [0.1, 0.15) is 11.6 Å². The Morgan fingerprint density at radius 2 is 1.70 bits per heavy atom. The number of amides is 3. The first-order chi connectivity index (χ1) is 9.10. The fourth-order valence-corrected chi connectivity index (χ4v) is 1.37. The zero-order valence-corrected chi connectivity index (χ0v) is 11.9. The molecule has 0 aliphatic carbocycles. The molecule has 0 aromatic carbocycles. The predicted octanol–water partition coefficient (Wildman–Crippen LogP) is 0.507. The zero-order chi connectivity index (χ0) is 15.5. The van der Waals surface area contributed by atoms with E-state index in [0.29, 0.717) is 5.06 Å². The van der Waals surface area contributed by atoms with Crippen LogP contribution in [0.15, 0.2) is 0 Å². The van der Waals surface area contributed by atoms with Crippen LogP contribution in [-0.4, -0.2) is 40.6 Å². The second kappa shape index (κ2) is 5.89. The molecular weight excluding hydrogens is 268 g/mol. The number of carbonyl (C=O) groups excluding carboxylic acids is 4. The molecule has 1 fully saturated rings. The maximum Gasteiger partial charge on any atom is 0.408 e. The number of nitrogens with zero attached hydrogens (tertiary/aromatic N) is 1. The summed E-state index contributed by atoms with van der Waals surface area (Å²) in [7, 11) is 0. The van der Waals surface area contributed by atoms with E-state index in [9.17, 15) is 19.2 Å². The lowest BCUT2D eigenvalue weighted by Crippen LogP contribution is -2.45. The molecule has 1 aliphatic heterocycles. The van der Waals surface area contributed by atoms with Gasteiger partial charge in [-0.15, -0.1) is 5.06 Å². The van der Waals surface area contributed by atoms with E-state index in [0.717, 1.165) is 0 Å². The van der Waals surface area contributed by atoms with Crippen LogP contribution in [0.5, 0.6) is 0 Å². The van der Waals surface area contributed by atoms with E-state index in [2.05, 4.69) is 10.2 Å². The van der Waals surface area contributed by atoms with E-state index in [1.165, 1.54) is 6.92 Å². The number of hydrogen-bond donors (Lipinski definition) is 1. The van der Waals surface area contributed by atoms with Crippen LogP contribution in [0.1, 0.15) is 40.5 Å². The molecule has 112 valence electrons. The molecule has 0 spiro atoms. The Labute approximate surface area is 116 Å². The van der Waals surface area contributed by atoms with Crippen LogP contribution in [0, 0.1) is 0 Å². The lowest BCUT2D eigenvalue weighted by Gasteiger charge is -2.22. The molecular formula is C12H18N2O6. The lowest BCUT2D eigenvalue weighted by atomic mass is 10.2. The molecule has 20 heavy (non-hydrogen) atoms. The van der Waals surface area contributed by atoms with Gasteiger partial charge >= 0.3 is 12.1 Å². The molecule has 0 aromatic rings. The number of alkyl carbamates (subject to hydrolysis) is 1. The van der Waals surface area contributed by atoms with Crippen LogP contribution in [0.3, 0.4) is 0 Å². The highest BCUT2D eigenvalue weighted by atomic mass is 16.7. The largest absolute Gasteiger partial charge is 0.444 e. The molecule has 1 unspecified atom stereocenters. The van der Waals surface area contributed by atoms with E-state index >= 15 is 0 Å². The SMILES string of the molecule is CC(NC(=O)OC(C)(C)C)C(=O)ON1C(=O)CCC1=O. The fourth-order valence-electron chi connectivity index (χ4n) is 1.37. The fraction of sp³-hybridized carbons (Fsp3) is 0.667. The van der Waals surface area contributed by atoms with Crippen molar-refractivity contribution in [1.29, 1.82) is 0 Å². The van der Waals surface area contributed by atoms with Gasteiger partial charge in [-0.25, -0.2) is 9.59 Å². The number of rotatable bonds is 3.